The van der Waals surface area contributed by atoms with Crippen LogP contribution in [0, 0.1) is 5.92 Å². The maximum absolute atomic E-state index is 12.1. The van der Waals surface area contributed by atoms with Gasteiger partial charge >= 0.3 is 0 Å². The number of nitrogens with one attached hydrogen (secondary N) is 1. The molecule has 0 radical (unpaired) electrons. The van der Waals surface area contributed by atoms with Crippen molar-refractivity contribution in [2.75, 3.05) is 19.6 Å². The number of amides is 1. The minimum atomic E-state index is 0.0294. The van der Waals surface area contributed by atoms with Crippen LogP contribution >= 0.6 is 15.9 Å². The first kappa shape index (κ1) is 15.5. The van der Waals surface area contributed by atoms with E-state index in [0.717, 1.165) is 29.0 Å². The van der Waals surface area contributed by atoms with Crippen molar-refractivity contribution < 1.29 is 4.79 Å². The Hall–Kier alpha value is -0.870. The molecule has 0 bridgehead atoms. The van der Waals surface area contributed by atoms with E-state index in [0.29, 0.717) is 6.54 Å². The molecule has 1 heterocycles. The summed E-state index contributed by atoms with van der Waals surface area (Å²) in [5, 5.41) is 3.08. The fourth-order valence-electron chi connectivity index (χ4n) is 2.61. The summed E-state index contributed by atoms with van der Waals surface area (Å²) in [5.74, 6) is 0.913. The third kappa shape index (κ3) is 4.32. The largest absolute Gasteiger partial charge is 0.348 e. The van der Waals surface area contributed by atoms with Crippen molar-refractivity contribution in [3.8, 4) is 0 Å². The number of nitrogens with zero attached hydrogens (tertiary/aromatic N) is 1. The highest BCUT2D eigenvalue weighted by Gasteiger charge is 2.19. The topological polar surface area (TPSA) is 32.3 Å². The van der Waals surface area contributed by atoms with Crippen molar-refractivity contribution >= 4 is 21.8 Å². The highest BCUT2D eigenvalue weighted by atomic mass is 79.9. The Balaban J connectivity index is 1.84. The molecule has 110 valence electrons. The number of carbonyl (C=O) groups is 1. The number of piperidine rings is 1. The average Bonchev–Trinajstić information content (AvgIpc) is 2.41. The van der Waals surface area contributed by atoms with E-state index in [1.54, 1.807) is 0 Å². The molecule has 1 aromatic carbocycles. The van der Waals surface area contributed by atoms with Crippen LogP contribution in [0.3, 0.4) is 0 Å². The number of hydrogen-bond donors (Lipinski definition) is 1. The van der Waals surface area contributed by atoms with Crippen LogP contribution in [0.5, 0.6) is 0 Å². The van der Waals surface area contributed by atoms with Crippen LogP contribution in [0.25, 0.3) is 0 Å². The van der Waals surface area contributed by atoms with Crippen molar-refractivity contribution in [1.29, 1.82) is 0 Å². The summed E-state index contributed by atoms with van der Waals surface area (Å²) in [6.45, 7) is 6.90. The molecule has 1 saturated heterocycles. The van der Waals surface area contributed by atoms with Crippen molar-refractivity contribution in [3.63, 3.8) is 0 Å². The molecule has 1 amide bonds. The molecule has 4 heteroatoms. The number of likely N-dealkylation sites (tertiary alicyclic amines) is 1. The summed E-state index contributed by atoms with van der Waals surface area (Å²) in [6, 6.07) is 8.05. The van der Waals surface area contributed by atoms with E-state index in [2.05, 4.69) is 33.1 Å². The van der Waals surface area contributed by atoms with Crippen molar-refractivity contribution in [2.24, 2.45) is 5.92 Å². The quantitative estimate of drug-likeness (QED) is 0.912. The Kier molecular flexibility index (Phi) is 5.61. The lowest BCUT2D eigenvalue weighted by Gasteiger charge is -2.30. The van der Waals surface area contributed by atoms with E-state index in [-0.39, 0.29) is 11.9 Å². The Labute approximate surface area is 129 Å². The predicted molar refractivity (Wildman–Crippen MR) is 85.5 cm³/mol. The Morgan fingerprint density at radius 3 is 2.70 bits per heavy atom. The first-order valence-electron chi connectivity index (χ1n) is 7.32. The maximum atomic E-state index is 12.1. The molecule has 1 aliphatic heterocycles. The molecule has 1 fully saturated rings. The molecule has 1 aromatic rings. The summed E-state index contributed by atoms with van der Waals surface area (Å²) in [6.07, 6.45) is 2.40. The van der Waals surface area contributed by atoms with Gasteiger partial charge in [0.2, 0.25) is 5.91 Å². The highest BCUT2D eigenvalue weighted by molar-refractivity contribution is 9.10. The smallest absolute Gasteiger partial charge is 0.234 e. The molecule has 0 aliphatic carbocycles. The van der Waals surface area contributed by atoms with Gasteiger partial charge in [-0.05, 0) is 50.4 Å². The Bertz CT molecular complexity index is 456. The minimum Gasteiger partial charge on any atom is -0.348 e. The van der Waals surface area contributed by atoms with Gasteiger partial charge in [0.15, 0.2) is 0 Å². The zero-order chi connectivity index (χ0) is 14.5. The van der Waals surface area contributed by atoms with E-state index < -0.39 is 0 Å². The van der Waals surface area contributed by atoms with Crippen LogP contribution in [0.4, 0.5) is 0 Å². The lowest BCUT2D eigenvalue weighted by atomic mass is 9.99. The third-order valence-corrected chi connectivity index (χ3v) is 4.71. The monoisotopic (exact) mass is 338 g/mol. The van der Waals surface area contributed by atoms with E-state index >= 15 is 0 Å². The molecule has 0 saturated carbocycles. The minimum absolute atomic E-state index is 0.0294. The maximum Gasteiger partial charge on any atom is 0.234 e. The number of carbonyl (C=O) groups excluding carboxylic acids is 1. The number of rotatable bonds is 4. The molecule has 1 atom stereocenters. The molecular formula is C16H23BrN2O. The van der Waals surface area contributed by atoms with Crippen LogP contribution in [0.1, 0.15) is 38.3 Å². The van der Waals surface area contributed by atoms with Crippen LogP contribution in [0.2, 0.25) is 0 Å². The van der Waals surface area contributed by atoms with Gasteiger partial charge in [-0.25, -0.2) is 0 Å². The van der Waals surface area contributed by atoms with Gasteiger partial charge in [0.1, 0.15) is 0 Å². The van der Waals surface area contributed by atoms with Gasteiger partial charge in [0, 0.05) is 4.47 Å². The van der Waals surface area contributed by atoms with Crippen molar-refractivity contribution in [3.05, 3.63) is 34.3 Å². The third-order valence-electron chi connectivity index (χ3n) is 3.99. The molecular weight excluding hydrogens is 316 g/mol. The molecule has 20 heavy (non-hydrogen) atoms. The first-order chi connectivity index (χ1) is 9.56. The van der Waals surface area contributed by atoms with E-state index in [1.807, 2.05) is 31.2 Å². The van der Waals surface area contributed by atoms with Gasteiger partial charge in [0.05, 0.1) is 12.6 Å². The van der Waals surface area contributed by atoms with E-state index in [9.17, 15) is 4.79 Å². The van der Waals surface area contributed by atoms with Crippen LogP contribution in [-0.4, -0.2) is 30.4 Å². The molecule has 0 unspecified atom stereocenters. The van der Waals surface area contributed by atoms with Gasteiger partial charge < -0.3 is 5.32 Å². The van der Waals surface area contributed by atoms with Gasteiger partial charge in [-0.2, -0.15) is 0 Å². The fourth-order valence-corrected chi connectivity index (χ4v) is 3.24. The summed E-state index contributed by atoms with van der Waals surface area (Å²) < 4.78 is 1.04. The van der Waals surface area contributed by atoms with E-state index in [4.69, 9.17) is 0 Å². The summed E-state index contributed by atoms with van der Waals surface area (Å²) in [4.78, 5) is 14.4. The molecule has 0 spiro atoms. The molecule has 0 aromatic heterocycles. The van der Waals surface area contributed by atoms with Gasteiger partial charge in [0.25, 0.3) is 0 Å². The summed E-state index contributed by atoms with van der Waals surface area (Å²) in [5.41, 5.74) is 1.12. The normalized spacial score (nSPS) is 18.8. The summed E-state index contributed by atoms with van der Waals surface area (Å²) >= 11 is 3.53. The second kappa shape index (κ2) is 7.23. The van der Waals surface area contributed by atoms with Crippen LogP contribution < -0.4 is 5.32 Å². The van der Waals surface area contributed by atoms with Crippen molar-refractivity contribution in [2.45, 2.75) is 32.7 Å². The predicted octanol–water partition coefficient (Wildman–Crippen LogP) is 3.36. The fraction of sp³-hybridized carbons (Fsp3) is 0.562. The lowest BCUT2D eigenvalue weighted by Crippen LogP contribution is -2.41. The van der Waals surface area contributed by atoms with Crippen LogP contribution in [-0.2, 0) is 4.79 Å². The zero-order valence-corrected chi connectivity index (χ0v) is 13.8. The molecule has 1 N–H and O–H groups in total. The highest BCUT2D eigenvalue weighted by Crippen LogP contribution is 2.22. The van der Waals surface area contributed by atoms with Crippen LogP contribution in [0.15, 0.2) is 28.7 Å². The number of benzene rings is 1. The zero-order valence-electron chi connectivity index (χ0n) is 12.2. The second-order valence-electron chi connectivity index (χ2n) is 5.77. The average molecular weight is 339 g/mol. The van der Waals surface area contributed by atoms with Crippen molar-refractivity contribution in [1.82, 2.24) is 10.2 Å². The first-order valence-corrected chi connectivity index (χ1v) is 8.11. The molecule has 2 rings (SSSR count). The molecule has 1 aliphatic rings. The number of halogens is 1. The Morgan fingerprint density at radius 2 is 2.05 bits per heavy atom. The van der Waals surface area contributed by atoms with E-state index in [1.165, 1.54) is 12.8 Å². The second-order valence-corrected chi connectivity index (χ2v) is 6.62. The standard InChI is InChI=1S/C16H23BrN2O/c1-12-7-9-19(10-8-12)11-16(20)18-13(2)14-5-3-4-6-15(14)17/h3-6,12-13H,7-11H2,1-2H3,(H,18,20)/t13-/m0/s1. The molecule has 3 nitrogen and oxygen atoms in total. The van der Waals surface area contributed by atoms with Gasteiger partial charge in [-0.3, -0.25) is 9.69 Å². The Morgan fingerprint density at radius 1 is 1.40 bits per heavy atom. The number of hydrogen-bond acceptors (Lipinski definition) is 2. The SMILES string of the molecule is CC1CCN(CC(=O)N[C@@H](C)c2ccccc2Br)CC1. The summed E-state index contributed by atoms with van der Waals surface area (Å²) in [7, 11) is 0. The van der Waals surface area contributed by atoms with Gasteiger partial charge in [-0.1, -0.05) is 41.1 Å². The van der Waals surface area contributed by atoms with Gasteiger partial charge in [-0.15, -0.1) is 0 Å². The lowest BCUT2D eigenvalue weighted by molar-refractivity contribution is -0.123.